The van der Waals surface area contributed by atoms with E-state index in [-0.39, 0.29) is 5.54 Å². The predicted octanol–water partition coefficient (Wildman–Crippen LogP) is 3.90. The number of aryl methyl sites for hydroxylation is 1. The Morgan fingerprint density at radius 1 is 1.33 bits per heavy atom. The Morgan fingerprint density at radius 3 is 2.67 bits per heavy atom. The molecule has 0 atom stereocenters. The summed E-state index contributed by atoms with van der Waals surface area (Å²) in [5, 5.41) is 3.59. The van der Waals surface area contributed by atoms with Gasteiger partial charge < -0.3 is 10.2 Å². The smallest absolute Gasteiger partial charge is 0.0445 e. The summed E-state index contributed by atoms with van der Waals surface area (Å²) >= 11 is 0. The van der Waals surface area contributed by atoms with Gasteiger partial charge in [0.25, 0.3) is 0 Å². The van der Waals surface area contributed by atoms with Crippen LogP contribution in [0.4, 0.5) is 5.69 Å². The van der Waals surface area contributed by atoms with Crippen molar-refractivity contribution in [3.05, 3.63) is 23.5 Å². The second-order valence-corrected chi connectivity index (χ2v) is 8.25. The van der Waals surface area contributed by atoms with Crippen LogP contribution in [0, 0.1) is 12.3 Å². The molecule has 0 spiro atoms. The van der Waals surface area contributed by atoms with Crippen LogP contribution in [0.1, 0.15) is 58.7 Å². The SMILES string of the molecule is Cc1cc(N2CCCC(C)(C)C2)c(CNC(C)(C)C)cn1. The molecule has 0 amide bonds. The lowest BCUT2D eigenvalue weighted by Gasteiger charge is -2.40. The van der Waals surface area contributed by atoms with Gasteiger partial charge in [-0.2, -0.15) is 0 Å². The fraction of sp³-hybridized carbons (Fsp3) is 0.722. The number of aromatic nitrogens is 1. The quantitative estimate of drug-likeness (QED) is 0.914. The first-order valence-electron chi connectivity index (χ1n) is 8.12. The van der Waals surface area contributed by atoms with Crippen LogP contribution in [0.3, 0.4) is 0 Å². The standard InChI is InChI=1S/C18H31N3/c1-14-10-16(21-9-7-8-18(5,6)13-21)15(11-19-14)12-20-17(2,3)4/h10-11,20H,7-9,12-13H2,1-6H3. The molecule has 1 saturated heterocycles. The molecule has 1 N–H and O–H groups in total. The molecule has 0 unspecified atom stereocenters. The zero-order chi connectivity index (χ0) is 15.7. The van der Waals surface area contributed by atoms with Crippen LogP contribution in [0.5, 0.6) is 0 Å². The number of nitrogens with one attached hydrogen (secondary N) is 1. The minimum Gasteiger partial charge on any atom is -0.371 e. The van der Waals surface area contributed by atoms with E-state index in [2.05, 4.69) is 62.8 Å². The maximum atomic E-state index is 4.50. The molecule has 0 saturated carbocycles. The van der Waals surface area contributed by atoms with Gasteiger partial charge in [0, 0.05) is 48.3 Å². The Balaban J connectivity index is 2.22. The van der Waals surface area contributed by atoms with E-state index < -0.39 is 0 Å². The van der Waals surface area contributed by atoms with Crippen LogP contribution in [-0.2, 0) is 6.54 Å². The largest absolute Gasteiger partial charge is 0.371 e. The van der Waals surface area contributed by atoms with Gasteiger partial charge in [-0.1, -0.05) is 13.8 Å². The van der Waals surface area contributed by atoms with Crippen molar-refractivity contribution in [2.45, 2.75) is 66.5 Å². The van der Waals surface area contributed by atoms with E-state index in [0.29, 0.717) is 5.41 Å². The predicted molar refractivity (Wildman–Crippen MR) is 90.8 cm³/mol. The molecule has 2 rings (SSSR count). The van der Waals surface area contributed by atoms with Crippen LogP contribution < -0.4 is 10.2 Å². The highest BCUT2D eigenvalue weighted by atomic mass is 15.1. The van der Waals surface area contributed by atoms with Crippen LogP contribution in [-0.4, -0.2) is 23.6 Å². The lowest BCUT2D eigenvalue weighted by molar-refractivity contribution is 0.292. The van der Waals surface area contributed by atoms with Gasteiger partial charge in [0.1, 0.15) is 0 Å². The minimum atomic E-state index is 0.128. The summed E-state index contributed by atoms with van der Waals surface area (Å²) in [6, 6.07) is 2.25. The molecule has 1 aromatic heterocycles. The van der Waals surface area contributed by atoms with E-state index in [1.165, 1.54) is 24.1 Å². The zero-order valence-electron chi connectivity index (χ0n) is 14.6. The zero-order valence-corrected chi connectivity index (χ0v) is 14.6. The second-order valence-electron chi connectivity index (χ2n) is 8.25. The third-order valence-corrected chi connectivity index (χ3v) is 4.15. The highest BCUT2D eigenvalue weighted by molar-refractivity contribution is 5.54. The Hall–Kier alpha value is -1.09. The molecule has 3 heteroatoms. The average molecular weight is 289 g/mol. The topological polar surface area (TPSA) is 28.2 Å². The first-order valence-corrected chi connectivity index (χ1v) is 8.12. The third kappa shape index (κ3) is 4.70. The van der Waals surface area contributed by atoms with Crippen molar-refractivity contribution >= 4 is 5.69 Å². The lowest BCUT2D eigenvalue weighted by atomic mass is 9.84. The van der Waals surface area contributed by atoms with Crippen molar-refractivity contribution in [1.29, 1.82) is 0 Å². The number of anilines is 1. The van der Waals surface area contributed by atoms with Gasteiger partial charge in [-0.15, -0.1) is 0 Å². The summed E-state index contributed by atoms with van der Waals surface area (Å²) in [7, 11) is 0. The Bertz CT molecular complexity index is 486. The molecule has 0 aromatic carbocycles. The maximum absolute atomic E-state index is 4.50. The number of piperidine rings is 1. The molecule has 3 nitrogen and oxygen atoms in total. The highest BCUT2D eigenvalue weighted by Crippen LogP contribution is 2.33. The van der Waals surface area contributed by atoms with Gasteiger partial charge in [-0.25, -0.2) is 0 Å². The van der Waals surface area contributed by atoms with Crippen molar-refractivity contribution in [1.82, 2.24) is 10.3 Å². The number of pyridine rings is 1. The van der Waals surface area contributed by atoms with Crippen molar-refractivity contribution in [2.75, 3.05) is 18.0 Å². The molecular weight excluding hydrogens is 258 g/mol. The number of nitrogens with zero attached hydrogens (tertiary/aromatic N) is 2. The summed E-state index contributed by atoms with van der Waals surface area (Å²) < 4.78 is 0. The van der Waals surface area contributed by atoms with Crippen molar-refractivity contribution in [2.24, 2.45) is 5.41 Å². The van der Waals surface area contributed by atoms with Gasteiger partial charge in [-0.05, 0) is 52.0 Å². The van der Waals surface area contributed by atoms with E-state index in [1.807, 2.05) is 6.20 Å². The van der Waals surface area contributed by atoms with E-state index in [4.69, 9.17) is 0 Å². The Kier molecular flexibility index (Phi) is 4.62. The van der Waals surface area contributed by atoms with Crippen molar-refractivity contribution in [3.63, 3.8) is 0 Å². The average Bonchev–Trinajstić information content (AvgIpc) is 2.35. The normalized spacial score (nSPS) is 18.9. The molecule has 118 valence electrons. The lowest BCUT2D eigenvalue weighted by Crippen LogP contribution is -2.41. The summed E-state index contributed by atoms with van der Waals surface area (Å²) in [5.41, 5.74) is 4.32. The van der Waals surface area contributed by atoms with Gasteiger partial charge >= 0.3 is 0 Å². The summed E-state index contributed by atoms with van der Waals surface area (Å²) in [6.07, 6.45) is 4.65. The van der Waals surface area contributed by atoms with E-state index in [0.717, 1.165) is 25.3 Å². The monoisotopic (exact) mass is 289 g/mol. The Morgan fingerprint density at radius 2 is 2.05 bits per heavy atom. The highest BCUT2D eigenvalue weighted by Gasteiger charge is 2.27. The number of hydrogen-bond donors (Lipinski definition) is 1. The molecule has 1 fully saturated rings. The molecule has 2 heterocycles. The second kappa shape index (κ2) is 5.96. The molecule has 0 aliphatic carbocycles. The summed E-state index contributed by atoms with van der Waals surface area (Å²) in [6.45, 7) is 16.6. The molecule has 1 aromatic rings. The fourth-order valence-corrected chi connectivity index (χ4v) is 2.99. The molecule has 0 radical (unpaired) electrons. The summed E-state index contributed by atoms with van der Waals surface area (Å²) in [4.78, 5) is 7.06. The molecular formula is C18H31N3. The first kappa shape index (κ1) is 16.3. The van der Waals surface area contributed by atoms with Gasteiger partial charge in [0.15, 0.2) is 0 Å². The molecule has 21 heavy (non-hydrogen) atoms. The molecule has 0 bridgehead atoms. The van der Waals surface area contributed by atoms with Gasteiger partial charge in [-0.3, -0.25) is 4.98 Å². The van der Waals surface area contributed by atoms with Crippen LogP contribution in [0.2, 0.25) is 0 Å². The summed E-state index contributed by atoms with van der Waals surface area (Å²) in [5.74, 6) is 0. The number of hydrogen-bond acceptors (Lipinski definition) is 3. The van der Waals surface area contributed by atoms with E-state index >= 15 is 0 Å². The fourth-order valence-electron chi connectivity index (χ4n) is 2.99. The van der Waals surface area contributed by atoms with E-state index in [1.54, 1.807) is 0 Å². The minimum absolute atomic E-state index is 0.128. The van der Waals surface area contributed by atoms with Crippen molar-refractivity contribution < 1.29 is 0 Å². The van der Waals surface area contributed by atoms with Crippen LogP contribution >= 0.6 is 0 Å². The Labute approximate surface area is 130 Å². The van der Waals surface area contributed by atoms with E-state index in [9.17, 15) is 0 Å². The molecule has 1 aliphatic rings. The molecule has 1 aliphatic heterocycles. The van der Waals surface area contributed by atoms with Gasteiger partial charge in [0.05, 0.1) is 0 Å². The first-order chi connectivity index (χ1) is 9.66. The number of rotatable bonds is 3. The maximum Gasteiger partial charge on any atom is 0.0445 e. The third-order valence-electron chi connectivity index (χ3n) is 4.15. The van der Waals surface area contributed by atoms with Crippen molar-refractivity contribution in [3.8, 4) is 0 Å². The van der Waals surface area contributed by atoms with Crippen LogP contribution in [0.15, 0.2) is 12.3 Å². The van der Waals surface area contributed by atoms with Crippen LogP contribution in [0.25, 0.3) is 0 Å². The van der Waals surface area contributed by atoms with Gasteiger partial charge in [0.2, 0.25) is 0 Å².